The van der Waals surface area contributed by atoms with Crippen LogP contribution >= 0.6 is 0 Å². The maximum absolute atomic E-state index is 13.0. The monoisotopic (exact) mass is 387 g/mol. The van der Waals surface area contributed by atoms with E-state index in [0.29, 0.717) is 11.8 Å². The minimum Gasteiger partial charge on any atom is -0.465 e. The van der Waals surface area contributed by atoms with Gasteiger partial charge in [0.1, 0.15) is 6.04 Å². The van der Waals surface area contributed by atoms with E-state index in [2.05, 4.69) is 34.5 Å². The second-order valence-electron chi connectivity index (χ2n) is 8.52. The maximum atomic E-state index is 13.0. The van der Waals surface area contributed by atoms with Crippen molar-refractivity contribution in [2.75, 3.05) is 20.1 Å². The van der Waals surface area contributed by atoms with Crippen LogP contribution in [0, 0.1) is 17.8 Å². The highest BCUT2D eigenvalue weighted by molar-refractivity contribution is 5.85. The maximum Gasteiger partial charge on any atom is 0.407 e. The van der Waals surface area contributed by atoms with Crippen molar-refractivity contribution in [3.63, 3.8) is 0 Å². The smallest absolute Gasteiger partial charge is 0.407 e. The quantitative estimate of drug-likeness (QED) is 0.754. The largest absolute Gasteiger partial charge is 0.465 e. The summed E-state index contributed by atoms with van der Waals surface area (Å²) in [5.74, 6) is 0.913. The van der Waals surface area contributed by atoms with Gasteiger partial charge in [-0.05, 0) is 36.2 Å². The predicted octanol–water partition coefficient (Wildman–Crippen LogP) is 3.04. The molecule has 2 amide bonds. The minimum atomic E-state index is -1.06. The summed E-state index contributed by atoms with van der Waals surface area (Å²) in [5.41, 5.74) is 1.32. The van der Waals surface area contributed by atoms with Crippen molar-refractivity contribution in [3.05, 3.63) is 35.9 Å². The van der Waals surface area contributed by atoms with E-state index in [9.17, 15) is 14.7 Å². The Kier molecular flexibility index (Phi) is 6.60. The first-order valence-corrected chi connectivity index (χ1v) is 10.4. The van der Waals surface area contributed by atoms with E-state index in [4.69, 9.17) is 0 Å². The fourth-order valence-corrected chi connectivity index (χ4v) is 4.93. The molecule has 1 saturated heterocycles. The molecule has 0 bridgehead atoms. The van der Waals surface area contributed by atoms with Crippen LogP contribution in [-0.2, 0) is 11.3 Å². The van der Waals surface area contributed by atoms with Crippen molar-refractivity contribution in [2.24, 2.45) is 17.8 Å². The molecule has 1 aromatic carbocycles. The van der Waals surface area contributed by atoms with Crippen LogP contribution in [0.2, 0.25) is 0 Å². The number of carbonyl (C=O) groups excluding carboxylic acids is 1. The number of likely N-dealkylation sites (N-methyl/N-ethyl adjacent to an activating group) is 1. The van der Waals surface area contributed by atoms with Gasteiger partial charge in [-0.2, -0.15) is 0 Å². The van der Waals surface area contributed by atoms with E-state index in [-0.39, 0.29) is 17.9 Å². The Labute approximate surface area is 167 Å². The molecular weight excluding hydrogens is 354 g/mol. The van der Waals surface area contributed by atoms with Gasteiger partial charge in [0.2, 0.25) is 5.91 Å². The fourth-order valence-electron chi connectivity index (χ4n) is 4.93. The molecule has 1 aliphatic heterocycles. The minimum absolute atomic E-state index is 0.0172. The van der Waals surface area contributed by atoms with Gasteiger partial charge in [0.15, 0.2) is 0 Å². The Bertz CT molecular complexity index is 681. The van der Waals surface area contributed by atoms with Crippen LogP contribution in [0.3, 0.4) is 0 Å². The molecule has 1 aromatic rings. The van der Waals surface area contributed by atoms with Gasteiger partial charge in [-0.3, -0.25) is 14.6 Å². The molecule has 154 valence electrons. The van der Waals surface area contributed by atoms with Crippen molar-refractivity contribution >= 4 is 12.0 Å². The second-order valence-corrected chi connectivity index (χ2v) is 8.52. The number of amides is 2. The zero-order chi connectivity index (χ0) is 20.3. The molecule has 6 heteroatoms. The van der Waals surface area contributed by atoms with Gasteiger partial charge in [0.25, 0.3) is 0 Å². The molecule has 0 radical (unpaired) electrons. The fraction of sp³-hybridized carbons (Fsp3) is 0.636. The van der Waals surface area contributed by atoms with Crippen molar-refractivity contribution in [1.82, 2.24) is 15.1 Å². The van der Waals surface area contributed by atoms with Crippen LogP contribution in [0.5, 0.6) is 0 Å². The van der Waals surface area contributed by atoms with Crippen LogP contribution in [0.1, 0.15) is 38.7 Å². The van der Waals surface area contributed by atoms with Gasteiger partial charge in [-0.25, -0.2) is 4.79 Å². The first-order chi connectivity index (χ1) is 13.4. The summed E-state index contributed by atoms with van der Waals surface area (Å²) in [6, 6.07) is 10.0. The van der Waals surface area contributed by atoms with Crippen LogP contribution in [0.4, 0.5) is 4.79 Å². The third-order valence-corrected chi connectivity index (χ3v) is 6.68. The standard InChI is InChI=1S/C22H33N3O3/c1-4-15(2)20(24(3)22(27)28)21(26)23-19-11-10-17-13-25(14-18(17)19)12-16-8-6-5-7-9-16/h5-9,15,17-20H,4,10-14H2,1-3H3,(H,23,26)(H,27,28)/t15?,17-,18?,19?,20?/m0/s1. The molecule has 0 spiro atoms. The van der Waals surface area contributed by atoms with E-state index in [1.807, 2.05) is 19.9 Å². The number of nitrogens with one attached hydrogen (secondary N) is 1. The summed E-state index contributed by atoms with van der Waals surface area (Å²) < 4.78 is 0. The number of rotatable bonds is 7. The zero-order valence-electron chi connectivity index (χ0n) is 17.2. The number of hydrogen-bond donors (Lipinski definition) is 2. The number of benzene rings is 1. The molecular formula is C22H33N3O3. The van der Waals surface area contributed by atoms with Gasteiger partial charge in [0, 0.05) is 32.7 Å². The van der Waals surface area contributed by atoms with E-state index in [1.54, 1.807) is 0 Å². The number of carbonyl (C=O) groups is 2. The highest BCUT2D eigenvalue weighted by atomic mass is 16.4. The van der Waals surface area contributed by atoms with Crippen molar-refractivity contribution in [2.45, 2.75) is 51.7 Å². The molecule has 2 N–H and O–H groups in total. The molecule has 1 saturated carbocycles. The molecule has 6 nitrogen and oxygen atoms in total. The lowest BCUT2D eigenvalue weighted by atomic mass is 9.95. The number of nitrogens with zero attached hydrogens (tertiary/aromatic N) is 2. The normalized spacial score (nSPS) is 26.5. The van der Waals surface area contributed by atoms with Gasteiger partial charge in [-0.15, -0.1) is 0 Å². The van der Waals surface area contributed by atoms with Crippen LogP contribution in [0.25, 0.3) is 0 Å². The lowest BCUT2D eigenvalue weighted by Gasteiger charge is -2.31. The number of hydrogen-bond acceptors (Lipinski definition) is 3. The average molecular weight is 388 g/mol. The number of likely N-dealkylation sites (tertiary alicyclic amines) is 1. The summed E-state index contributed by atoms with van der Waals surface area (Å²) in [7, 11) is 1.49. The highest BCUT2D eigenvalue weighted by Gasteiger charge is 2.44. The van der Waals surface area contributed by atoms with Crippen LogP contribution in [-0.4, -0.2) is 59.1 Å². The first kappa shape index (κ1) is 20.6. The summed E-state index contributed by atoms with van der Waals surface area (Å²) in [6.07, 6.45) is 1.82. The van der Waals surface area contributed by atoms with Crippen molar-refractivity contribution in [1.29, 1.82) is 0 Å². The Morgan fingerprint density at radius 1 is 1.25 bits per heavy atom. The van der Waals surface area contributed by atoms with Gasteiger partial charge >= 0.3 is 6.09 Å². The summed E-state index contributed by atoms with van der Waals surface area (Å²) in [6.45, 7) is 6.96. The van der Waals surface area contributed by atoms with E-state index >= 15 is 0 Å². The summed E-state index contributed by atoms with van der Waals surface area (Å²) in [5, 5.41) is 12.6. The molecule has 3 rings (SSSR count). The second kappa shape index (κ2) is 8.95. The molecule has 0 aromatic heterocycles. The Morgan fingerprint density at radius 3 is 2.61 bits per heavy atom. The molecule has 1 heterocycles. The topological polar surface area (TPSA) is 72.9 Å². The van der Waals surface area contributed by atoms with Crippen molar-refractivity contribution < 1.29 is 14.7 Å². The van der Waals surface area contributed by atoms with Crippen molar-refractivity contribution in [3.8, 4) is 0 Å². The Morgan fingerprint density at radius 2 is 1.96 bits per heavy atom. The highest BCUT2D eigenvalue weighted by Crippen LogP contribution is 2.38. The van der Waals surface area contributed by atoms with Crippen LogP contribution in [0.15, 0.2) is 30.3 Å². The predicted molar refractivity (Wildman–Crippen MR) is 109 cm³/mol. The summed E-state index contributed by atoms with van der Waals surface area (Å²) in [4.78, 5) is 28.1. The van der Waals surface area contributed by atoms with Crippen LogP contribution < -0.4 is 5.32 Å². The van der Waals surface area contributed by atoms with E-state index in [0.717, 1.165) is 43.8 Å². The summed E-state index contributed by atoms with van der Waals surface area (Å²) >= 11 is 0. The third-order valence-electron chi connectivity index (χ3n) is 6.68. The molecule has 2 fully saturated rings. The first-order valence-electron chi connectivity index (χ1n) is 10.4. The average Bonchev–Trinajstić information content (AvgIpc) is 3.23. The Balaban J connectivity index is 1.61. The van der Waals surface area contributed by atoms with E-state index < -0.39 is 12.1 Å². The molecule has 28 heavy (non-hydrogen) atoms. The van der Waals surface area contributed by atoms with Gasteiger partial charge < -0.3 is 10.4 Å². The molecule has 2 aliphatic rings. The third kappa shape index (κ3) is 4.49. The SMILES string of the molecule is CCC(C)C(C(=O)NC1CC[C@H]2CN(Cc3ccccc3)CC12)N(C)C(=O)O. The lowest BCUT2D eigenvalue weighted by molar-refractivity contribution is -0.128. The van der Waals surface area contributed by atoms with E-state index in [1.165, 1.54) is 12.6 Å². The van der Waals surface area contributed by atoms with Gasteiger partial charge in [-0.1, -0.05) is 50.6 Å². The zero-order valence-corrected chi connectivity index (χ0v) is 17.2. The molecule has 4 unspecified atom stereocenters. The number of fused-ring (bicyclic) bond motifs is 1. The molecule has 1 aliphatic carbocycles. The van der Waals surface area contributed by atoms with Gasteiger partial charge in [0.05, 0.1) is 0 Å². The molecule has 5 atom stereocenters. The lowest BCUT2D eigenvalue weighted by Crippen LogP contribution is -2.53. The Hall–Kier alpha value is -2.08. The number of carboxylic acid groups (broad SMARTS) is 1.